The number of hydrogen-bond acceptors (Lipinski definition) is 3. The van der Waals surface area contributed by atoms with Crippen LogP contribution in [0.2, 0.25) is 0 Å². The van der Waals surface area contributed by atoms with Crippen molar-refractivity contribution >= 4 is 19.1 Å². The van der Waals surface area contributed by atoms with Crippen LogP contribution in [-0.2, 0) is 6.42 Å². The van der Waals surface area contributed by atoms with E-state index in [0.29, 0.717) is 6.42 Å². The average Bonchev–Trinajstić information content (AvgIpc) is 3.06. The highest BCUT2D eigenvalue weighted by molar-refractivity contribution is 6.34. The minimum atomic E-state index is -0.0881. The van der Waals surface area contributed by atoms with Crippen LogP contribution in [0.15, 0.2) is 35.8 Å². The van der Waals surface area contributed by atoms with E-state index < -0.39 is 0 Å². The SMILES string of the molecule is Bc1cc2c(cc1OC)-c1n[nH]c(NC3=CCCC(F)=C3)c1C2. The summed E-state index contributed by atoms with van der Waals surface area (Å²) in [5.74, 6) is 1.62. The second kappa shape index (κ2) is 5.30. The zero-order valence-electron chi connectivity index (χ0n) is 13.2. The number of aromatic amines is 1. The molecule has 2 aliphatic rings. The van der Waals surface area contributed by atoms with Crippen molar-refractivity contribution in [2.24, 2.45) is 0 Å². The lowest BCUT2D eigenvalue weighted by Crippen LogP contribution is -2.08. The molecule has 0 atom stereocenters. The summed E-state index contributed by atoms with van der Waals surface area (Å²) >= 11 is 0. The number of nitrogens with zero attached hydrogens (tertiary/aromatic N) is 1. The largest absolute Gasteiger partial charge is 0.497 e. The number of rotatable bonds is 3. The van der Waals surface area contributed by atoms with E-state index in [1.165, 1.54) is 5.56 Å². The highest BCUT2D eigenvalue weighted by Crippen LogP contribution is 2.40. The molecule has 0 fully saturated rings. The van der Waals surface area contributed by atoms with Gasteiger partial charge in [0.2, 0.25) is 0 Å². The van der Waals surface area contributed by atoms with Gasteiger partial charge in [-0.05, 0) is 29.6 Å². The van der Waals surface area contributed by atoms with Gasteiger partial charge in [0.05, 0.1) is 12.8 Å². The van der Waals surface area contributed by atoms with Crippen LogP contribution >= 0.6 is 0 Å². The molecule has 116 valence electrons. The van der Waals surface area contributed by atoms with E-state index in [1.54, 1.807) is 13.2 Å². The molecule has 0 amide bonds. The van der Waals surface area contributed by atoms with Gasteiger partial charge in [0.25, 0.3) is 0 Å². The first kappa shape index (κ1) is 14.1. The molecule has 0 saturated carbocycles. The summed E-state index contributed by atoms with van der Waals surface area (Å²) < 4.78 is 18.8. The third-order valence-electron chi connectivity index (χ3n) is 4.44. The molecule has 1 aromatic heterocycles. The minimum absolute atomic E-state index is 0.0881. The van der Waals surface area contributed by atoms with Gasteiger partial charge in [0.1, 0.15) is 25.2 Å². The number of anilines is 1. The molecule has 4 rings (SSSR count). The Kier molecular flexibility index (Phi) is 3.25. The Labute approximate surface area is 134 Å². The molecule has 23 heavy (non-hydrogen) atoms. The number of methoxy groups -OCH3 is 1. The highest BCUT2D eigenvalue weighted by atomic mass is 19.1. The van der Waals surface area contributed by atoms with Crippen molar-refractivity contribution in [3.8, 4) is 17.0 Å². The fourth-order valence-electron chi connectivity index (χ4n) is 3.29. The molecular weight excluding hydrogens is 292 g/mol. The Morgan fingerprint density at radius 1 is 1.39 bits per heavy atom. The van der Waals surface area contributed by atoms with Crippen molar-refractivity contribution < 1.29 is 9.13 Å². The third kappa shape index (κ3) is 2.34. The van der Waals surface area contributed by atoms with Gasteiger partial charge in [-0.1, -0.05) is 12.1 Å². The lowest BCUT2D eigenvalue weighted by Gasteiger charge is -2.11. The second-order valence-electron chi connectivity index (χ2n) is 6.00. The lowest BCUT2D eigenvalue weighted by molar-refractivity contribution is 0.418. The van der Waals surface area contributed by atoms with Crippen LogP contribution in [0.4, 0.5) is 10.2 Å². The van der Waals surface area contributed by atoms with Crippen molar-refractivity contribution in [1.29, 1.82) is 0 Å². The normalized spacial score (nSPS) is 15.6. The van der Waals surface area contributed by atoms with E-state index in [2.05, 4.69) is 21.6 Å². The predicted molar refractivity (Wildman–Crippen MR) is 91.7 cm³/mol. The number of ether oxygens (including phenoxy) is 1. The van der Waals surface area contributed by atoms with Crippen LogP contribution in [0.5, 0.6) is 5.75 Å². The van der Waals surface area contributed by atoms with Crippen LogP contribution in [0, 0.1) is 0 Å². The monoisotopic (exact) mass is 309 g/mol. The topological polar surface area (TPSA) is 49.9 Å². The number of halogens is 1. The first-order valence-corrected chi connectivity index (χ1v) is 7.74. The summed E-state index contributed by atoms with van der Waals surface area (Å²) in [5, 5.41) is 10.7. The van der Waals surface area contributed by atoms with Gasteiger partial charge in [-0.2, -0.15) is 5.10 Å². The van der Waals surface area contributed by atoms with E-state index in [9.17, 15) is 4.39 Å². The average molecular weight is 309 g/mol. The maximum atomic E-state index is 13.4. The number of H-pyrrole nitrogens is 1. The van der Waals surface area contributed by atoms with Gasteiger partial charge in [-0.3, -0.25) is 5.10 Å². The van der Waals surface area contributed by atoms with Gasteiger partial charge in [-0.25, -0.2) is 4.39 Å². The van der Waals surface area contributed by atoms with Crippen molar-refractivity contribution in [3.05, 3.63) is 46.9 Å². The fraction of sp³-hybridized carbons (Fsp3) is 0.235. The summed E-state index contributed by atoms with van der Waals surface area (Å²) in [6.45, 7) is 0. The number of hydrogen-bond donors (Lipinski definition) is 2. The van der Waals surface area contributed by atoms with Crippen LogP contribution in [-0.4, -0.2) is 25.2 Å². The van der Waals surface area contributed by atoms with E-state index >= 15 is 0 Å². The van der Waals surface area contributed by atoms with Crippen molar-refractivity contribution in [2.45, 2.75) is 19.3 Å². The molecule has 2 aromatic rings. The van der Waals surface area contributed by atoms with Gasteiger partial charge in [0.15, 0.2) is 0 Å². The number of fused-ring (bicyclic) bond motifs is 3. The summed E-state index contributed by atoms with van der Waals surface area (Å²) in [6.07, 6.45) is 5.57. The maximum absolute atomic E-state index is 13.4. The molecule has 1 aromatic carbocycles. The summed E-state index contributed by atoms with van der Waals surface area (Å²) in [7, 11) is 3.72. The Morgan fingerprint density at radius 3 is 3.04 bits per heavy atom. The van der Waals surface area contributed by atoms with Crippen molar-refractivity contribution in [2.75, 3.05) is 12.4 Å². The van der Waals surface area contributed by atoms with Crippen molar-refractivity contribution in [3.63, 3.8) is 0 Å². The van der Waals surface area contributed by atoms with Crippen molar-refractivity contribution in [1.82, 2.24) is 10.2 Å². The molecule has 2 aliphatic carbocycles. The smallest absolute Gasteiger partial charge is 0.144 e. The summed E-state index contributed by atoms with van der Waals surface area (Å²) in [6, 6.07) is 4.19. The summed E-state index contributed by atoms with van der Waals surface area (Å²) in [5.41, 5.74) is 6.32. The maximum Gasteiger partial charge on any atom is 0.144 e. The van der Waals surface area contributed by atoms with Gasteiger partial charge >= 0.3 is 0 Å². The molecule has 6 heteroatoms. The predicted octanol–water partition coefficient (Wildman–Crippen LogP) is 2.19. The van der Waals surface area contributed by atoms with Crippen LogP contribution in [0.3, 0.4) is 0 Å². The zero-order chi connectivity index (χ0) is 16.0. The quantitative estimate of drug-likeness (QED) is 0.729. The van der Waals surface area contributed by atoms with Gasteiger partial charge in [-0.15, -0.1) is 0 Å². The molecule has 0 aliphatic heterocycles. The highest BCUT2D eigenvalue weighted by Gasteiger charge is 2.26. The first-order chi connectivity index (χ1) is 11.2. The van der Waals surface area contributed by atoms with Crippen LogP contribution in [0.1, 0.15) is 24.0 Å². The standard InChI is InChI=1S/C17H17BFN3O/c1-23-15-8-12-9(6-14(15)18)5-13-16(12)21-22-17(13)20-11-4-2-3-10(19)7-11/h4,6-8H,2-3,5,18H2,1H3,(H2,20,21,22). The first-order valence-electron chi connectivity index (χ1n) is 7.74. The Bertz CT molecular complexity index is 854. The zero-order valence-corrected chi connectivity index (χ0v) is 13.2. The Morgan fingerprint density at radius 2 is 2.26 bits per heavy atom. The molecule has 0 saturated heterocycles. The third-order valence-corrected chi connectivity index (χ3v) is 4.44. The molecular formula is C17H17BFN3O. The van der Waals surface area contributed by atoms with E-state index in [-0.39, 0.29) is 5.83 Å². The molecule has 0 unspecified atom stereocenters. The fourth-order valence-corrected chi connectivity index (χ4v) is 3.29. The molecule has 0 spiro atoms. The van der Waals surface area contributed by atoms with E-state index in [0.717, 1.165) is 52.4 Å². The molecule has 0 bridgehead atoms. The number of benzene rings is 1. The number of nitrogens with one attached hydrogen (secondary N) is 2. The molecule has 1 heterocycles. The minimum Gasteiger partial charge on any atom is -0.497 e. The molecule has 0 radical (unpaired) electrons. The Balaban J connectivity index is 1.68. The Hall–Kier alpha value is -2.50. The van der Waals surface area contributed by atoms with Gasteiger partial charge in [0, 0.05) is 29.7 Å². The summed E-state index contributed by atoms with van der Waals surface area (Å²) in [4.78, 5) is 0. The number of aromatic nitrogens is 2. The van der Waals surface area contributed by atoms with E-state index in [4.69, 9.17) is 4.74 Å². The van der Waals surface area contributed by atoms with Crippen LogP contribution < -0.4 is 15.5 Å². The number of allylic oxidation sites excluding steroid dienone is 3. The second-order valence-corrected chi connectivity index (χ2v) is 6.00. The lowest BCUT2D eigenvalue weighted by atomic mass is 9.91. The molecule has 4 nitrogen and oxygen atoms in total. The van der Waals surface area contributed by atoms with Crippen LogP contribution in [0.25, 0.3) is 11.3 Å². The van der Waals surface area contributed by atoms with Gasteiger partial charge < -0.3 is 10.1 Å². The van der Waals surface area contributed by atoms with E-state index in [1.807, 2.05) is 20.0 Å². The molecule has 2 N–H and O–H groups in total.